The van der Waals surface area contributed by atoms with Crippen LogP contribution in [0.5, 0.6) is 0 Å². The molecule has 0 amide bonds. The van der Waals surface area contributed by atoms with Crippen LogP contribution in [0.4, 0.5) is 5.69 Å². The Labute approximate surface area is 220 Å². The Hall–Kier alpha value is -3.28. The minimum absolute atomic E-state index is 0.0676. The summed E-state index contributed by atoms with van der Waals surface area (Å²) >= 11 is 0. The summed E-state index contributed by atoms with van der Waals surface area (Å²) in [5.41, 5.74) is 25.0. The Morgan fingerprint density at radius 3 is 2.31 bits per heavy atom. The predicted octanol–water partition coefficient (Wildman–Crippen LogP) is 6.30. The third-order valence-corrected chi connectivity index (χ3v) is 5.37. The summed E-state index contributed by atoms with van der Waals surface area (Å²) in [5, 5.41) is 9.85. The molecular formula is C31H50N4O. The molecular weight excluding hydrogens is 444 g/mol. The van der Waals surface area contributed by atoms with Crippen LogP contribution in [-0.4, -0.2) is 25.3 Å². The first kappa shape index (κ1) is 34.9. The van der Waals surface area contributed by atoms with Crippen LogP contribution in [-0.2, 0) is 0 Å². The number of nitrogen functional groups attached to an aromatic ring is 1. The molecule has 0 fully saturated rings. The molecule has 0 saturated carbocycles. The van der Waals surface area contributed by atoms with Crippen LogP contribution in [0, 0.1) is 6.92 Å². The maximum Gasteiger partial charge on any atom is 0.0513 e. The van der Waals surface area contributed by atoms with Gasteiger partial charge < -0.3 is 27.6 Å². The van der Waals surface area contributed by atoms with Gasteiger partial charge in [-0.15, -0.1) is 0 Å². The van der Waals surface area contributed by atoms with Crippen molar-refractivity contribution < 1.29 is 5.11 Å². The van der Waals surface area contributed by atoms with E-state index in [1.54, 1.807) is 6.08 Å². The number of aliphatic hydroxyl groups excluding tert-OH is 1. The third-order valence-electron chi connectivity index (χ3n) is 5.37. The molecule has 2 aliphatic carbocycles. The van der Waals surface area contributed by atoms with E-state index in [9.17, 15) is 0 Å². The van der Waals surface area contributed by atoms with Crippen LogP contribution in [0.3, 0.4) is 0 Å². The summed E-state index contributed by atoms with van der Waals surface area (Å²) in [6.07, 6.45) is 21.2. The molecule has 0 heterocycles. The highest BCUT2D eigenvalue weighted by atomic mass is 16.2. The Balaban J connectivity index is 0. The second kappa shape index (κ2) is 22.2. The molecule has 2 aliphatic rings. The smallest absolute Gasteiger partial charge is 0.0513 e. The lowest BCUT2D eigenvalue weighted by Gasteiger charge is -2.18. The fourth-order valence-electron chi connectivity index (χ4n) is 3.14. The van der Waals surface area contributed by atoms with Crippen LogP contribution in [0.15, 0.2) is 96.4 Å². The van der Waals surface area contributed by atoms with Gasteiger partial charge in [0.05, 0.1) is 6.04 Å². The summed E-state index contributed by atoms with van der Waals surface area (Å²) in [7, 11) is 2.83. The largest absolute Gasteiger partial charge is 0.403 e. The molecule has 0 spiro atoms. The molecule has 1 unspecified atom stereocenters. The number of nitrogens with two attached hydrogens (primary N) is 3. The fourth-order valence-corrected chi connectivity index (χ4v) is 3.14. The van der Waals surface area contributed by atoms with E-state index in [2.05, 4.69) is 62.2 Å². The second-order valence-corrected chi connectivity index (χ2v) is 7.66. The molecule has 8 N–H and O–H groups in total. The third kappa shape index (κ3) is 13.6. The number of hydrogen-bond acceptors (Lipinski definition) is 5. The zero-order valence-electron chi connectivity index (χ0n) is 23.5. The maximum atomic E-state index is 7.00. The molecule has 36 heavy (non-hydrogen) atoms. The number of anilines is 1. The van der Waals surface area contributed by atoms with E-state index in [0.717, 1.165) is 48.9 Å². The van der Waals surface area contributed by atoms with Crippen molar-refractivity contribution in [2.75, 3.05) is 19.9 Å². The molecule has 5 heteroatoms. The first-order valence-corrected chi connectivity index (χ1v) is 12.6. The number of aliphatic hydroxyl groups is 1. The Kier molecular flexibility index (Phi) is 21.5. The highest BCUT2D eigenvalue weighted by Crippen LogP contribution is 2.25. The SMILES string of the molecule is C=C/C=C1/C=CC=C(CC)C1N.CC.CN/C(C)=C\N.CO.Cc1cc(C2=CC=CCC2)ccc1N. The molecule has 0 aromatic heterocycles. The number of nitrogens with one attached hydrogen (secondary N) is 1. The molecule has 0 bridgehead atoms. The van der Waals surface area contributed by atoms with Crippen molar-refractivity contribution in [2.45, 2.75) is 59.9 Å². The molecule has 0 aliphatic heterocycles. The number of allylic oxidation sites excluding steroid dienone is 9. The average Bonchev–Trinajstić information content (AvgIpc) is 2.94. The topological polar surface area (TPSA) is 110 Å². The van der Waals surface area contributed by atoms with E-state index in [0.29, 0.717) is 0 Å². The monoisotopic (exact) mass is 494 g/mol. The van der Waals surface area contributed by atoms with Gasteiger partial charge in [0.2, 0.25) is 0 Å². The van der Waals surface area contributed by atoms with Crippen molar-refractivity contribution in [2.24, 2.45) is 11.5 Å². The molecule has 1 atom stereocenters. The molecule has 0 saturated heterocycles. The quantitative estimate of drug-likeness (QED) is 0.315. The van der Waals surface area contributed by atoms with E-state index >= 15 is 0 Å². The fraction of sp³-hybridized carbons (Fsp3) is 0.355. The normalized spacial score (nSPS) is 16.8. The van der Waals surface area contributed by atoms with Gasteiger partial charge in [0.25, 0.3) is 0 Å². The predicted molar refractivity (Wildman–Crippen MR) is 162 cm³/mol. The van der Waals surface area contributed by atoms with Crippen LogP contribution in [0.25, 0.3) is 5.57 Å². The minimum atomic E-state index is 0.0676. The Morgan fingerprint density at radius 2 is 1.86 bits per heavy atom. The van der Waals surface area contributed by atoms with Gasteiger partial charge in [-0.2, -0.15) is 0 Å². The molecule has 1 aromatic carbocycles. The minimum Gasteiger partial charge on any atom is -0.403 e. The summed E-state index contributed by atoms with van der Waals surface area (Å²) in [4.78, 5) is 0. The van der Waals surface area contributed by atoms with Gasteiger partial charge in [-0.25, -0.2) is 0 Å². The van der Waals surface area contributed by atoms with E-state index in [1.807, 2.05) is 52.1 Å². The zero-order valence-corrected chi connectivity index (χ0v) is 23.5. The molecule has 200 valence electrons. The number of aryl methyl sites for hydroxylation is 1. The van der Waals surface area contributed by atoms with Crippen LogP contribution in [0.2, 0.25) is 0 Å². The van der Waals surface area contributed by atoms with Gasteiger partial charge in [-0.3, -0.25) is 0 Å². The molecule has 1 aromatic rings. The summed E-state index contributed by atoms with van der Waals surface area (Å²) in [6.45, 7) is 13.7. The highest BCUT2D eigenvalue weighted by molar-refractivity contribution is 5.70. The van der Waals surface area contributed by atoms with Crippen molar-refractivity contribution in [1.82, 2.24) is 5.32 Å². The lowest BCUT2D eigenvalue weighted by Crippen LogP contribution is -2.25. The van der Waals surface area contributed by atoms with Gasteiger partial charge in [-0.1, -0.05) is 82.0 Å². The van der Waals surface area contributed by atoms with Crippen molar-refractivity contribution >= 4 is 11.3 Å². The number of hydrogen-bond donors (Lipinski definition) is 5. The van der Waals surface area contributed by atoms with Gasteiger partial charge in [0.1, 0.15) is 0 Å². The summed E-state index contributed by atoms with van der Waals surface area (Å²) in [5.74, 6) is 0. The van der Waals surface area contributed by atoms with E-state index in [4.69, 9.17) is 22.3 Å². The van der Waals surface area contributed by atoms with Crippen LogP contribution in [0.1, 0.15) is 58.1 Å². The van der Waals surface area contributed by atoms with E-state index in [-0.39, 0.29) is 6.04 Å². The molecule has 5 nitrogen and oxygen atoms in total. The Bertz CT molecular complexity index is 934. The lowest BCUT2D eigenvalue weighted by atomic mass is 9.93. The summed E-state index contributed by atoms with van der Waals surface area (Å²) in [6, 6.07) is 6.33. The van der Waals surface area contributed by atoms with Crippen molar-refractivity contribution in [3.05, 3.63) is 108 Å². The first-order chi connectivity index (χ1) is 17.4. The van der Waals surface area contributed by atoms with E-state index in [1.165, 1.54) is 22.9 Å². The highest BCUT2D eigenvalue weighted by Gasteiger charge is 2.12. The first-order valence-electron chi connectivity index (χ1n) is 12.6. The number of rotatable bonds is 4. The zero-order chi connectivity index (χ0) is 27.9. The molecule has 0 radical (unpaired) electrons. The maximum absolute atomic E-state index is 7.00. The lowest BCUT2D eigenvalue weighted by molar-refractivity contribution is 0.399. The Morgan fingerprint density at radius 1 is 1.19 bits per heavy atom. The standard InChI is InChI=1S/C13H15N.C11H15N.C4H10N2.C2H6.CH4O/c1-10-9-12(7-8-13(10)14)11-5-3-2-4-6-11;1-3-6-10-8-5-7-9(4-2)11(10)12;1-4(3-5)6-2;2*1-2/h2-3,5,7-9H,4,6,14H2,1H3;3,5-8,11H,1,4,12H2,2H3;3,6H,5H2,1-2H3;1-2H3;2H,1H3/b;10-6-;4-3-;;. The van der Waals surface area contributed by atoms with Crippen LogP contribution < -0.4 is 22.5 Å². The van der Waals surface area contributed by atoms with Crippen molar-refractivity contribution in [1.29, 1.82) is 0 Å². The van der Waals surface area contributed by atoms with Gasteiger partial charge in [0.15, 0.2) is 0 Å². The van der Waals surface area contributed by atoms with Crippen LogP contribution >= 0.6 is 0 Å². The van der Waals surface area contributed by atoms with Gasteiger partial charge >= 0.3 is 0 Å². The average molecular weight is 495 g/mol. The van der Waals surface area contributed by atoms with E-state index < -0.39 is 0 Å². The van der Waals surface area contributed by atoms with Gasteiger partial charge in [-0.05, 0) is 73.1 Å². The second-order valence-electron chi connectivity index (χ2n) is 7.66. The van der Waals surface area contributed by atoms with Gasteiger partial charge in [0, 0.05) is 31.7 Å². The number of benzene rings is 1. The summed E-state index contributed by atoms with van der Waals surface area (Å²) < 4.78 is 0. The van der Waals surface area contributed by atoms with Crippen molar-refractivity contribution in [3.8, 4) is 0 Å². The molecule has 3 rings (SSSR count). The van der Waals surface area contributed by atoms with Crippen molar-refractivity contribution in [3.63, 3.8) is 0 Å².